The quantitative estimate of drug-likeness (QED) is 0.746. The molecule has 0 bridgehead atoms. The van der Waals surface area contributed by atoms with Crippen molar-refractivity contribution in [3.8, 4) is 0 Å². The standard InChI is InChI=1S/C14H23NO6/c1-14(2,3)21-11(16)8-9(13(18)19-4)15-12(17)10-6-5-7-20-10/h9-10H,5-8H2,1-4H3,(H,15,17)/t9-,10+/m1/s1. The number of esters is 2. The maximum Gasteiger partial charge on any atom is 0.328 e. The van der Waals surface area contributed by atoms with Crippen molar-refractivity contribution in [2.75, 3.05) is 13.7 Å². The minimum absolute atomic E-state index is 0.275. The molecule has 0 radical (unpaired) electrons. The number of nitrogens with one attached hydrogen (secondary N) is 1. The molecule has 7 heteroatoms. The lowest BCUT2D eigenvalue weighted by atomic mass is 10.1. The van der Waals surface area contributed by atoms with E-state index in [1.54, 1.807) is 20.8 Å². The summed E-state index contributed by atoms with van der Waals surface area (Å²) < 4.78 is 15.0. The highest BCUT2D eigenvalue weighted by molar-refractivity contribution is 5.89. The molecule has 1 amide bonds. The van der Waals surface area contributed by atoms with Crippen molar-refractivity contribution >= 4 is 17.8 Å². The van der Waals surface area contributed by atoms with Crippen molar-refractivity contribution in [1.29, 1.82) is 0 Å². The summed E-state index contributed by atoms with van der Waals surface area (Å²) >= 11 is 0. The molecule has 1 saturated heterocycles. The average molecular weight is 301 g/mol. The summed E-state index contributed by atoms with van der Waals surface area (Å²) in [4.78, 5) is 35.4. The Kier molecular flexibility index (Phi) is 6.14. The Morgan fingerprint density at radius 1 is 1.33 bits per heavy atom. The third-order valence-corrected chi connectivity index (χ3v) is 2.82. The molecule has 1 heterocycles. The van der Waals surface area contributed by atoms with Gasteiger partial charge in [-0.1, -0.05) is 0 Å². The molecule has 1 aliphatic heterocycles. The fourth-order valence-electron chi connectivity index (χ4n) is 1.93. The van der Waals surface area contributed by atoms with Gasteiger partial charge in [-0.3, -0.25) is 9.59 Å². The largest absolute Gasteiger partial charge is 0.467 e. The van der Waals surface area contributed by atoms with Crippen molar-refractivity contribution in [2.24, 2.45) is 0 Å². The molecule has 0 spiro atoms. The van der Waals surface area contributed by atoms with Gasteiger partial charge in [-0.15, -0.1) is 0 Å². The van der Waals surface area contributed by atoms with E-state index in [9.17, 15) is 14.4 Å². The van der Waals surface area contributed by atoms with Crippen LogP contribution in [0, 0.1) is 0 Å². The molecule has 0 unspecified atom stereocenters. The Labute approximate surface area is 124 Å². The first-order valence-electron chi connectivity index (χ1n) is 6.94. The summed E-state index contributed by atoms with van der Waals surface area (Å²) in [6, 6.07) is -1.07. The smallest absolute Gasteiger partial charge is 0.328 e. The van der Waals surface area contributed by atoms with E-state index in [0.29, 0.717) is 13.0 Å². The van der Waals surface area contributed by atoms with E-state index in [2.05, 4.69) is 10.1 Å². The SMILES string of the molecule is COC(=O)[C@@H](CC(=O)OC(C)(C)C)NC(=O)[C@@H]1CCCO1. The molecule has 21 heavy (non-hydrogen) atoms. The van der Waals surface area contributed by atoms with Crippen LogP contribution in [0.4, 0.5) is 0 Å². The van der Waals surface area contributed by atoms with Crippen LogP contribution in [-0.4, -0.2) is 49.3 Å². The lowest BCUT2D eigenvalue weighted by molar-refractivity contribution is -0.159. The van der Waals surface area contributed by atoms with Crippen molar-refractivity contribution in [1.82, 2.24) is 5.32 Å². The zero-order valence-corrected chi connectivity index (χ0v) is 12.9. The van der Waals surface area contributed by atoms with Crippen molar-refractivity contribution < 1.29 is 28.6 Å². The molecule has 1 rings (SSSR count). The molecule has 120 valence electrons. The normalized spacial score (nSPS) is 19.7. The third-order valence-electron chi connectivity index (χ3n) is 2.82. The van der Waals surface area contributed by atoms with E-state index >= 15 is 0 Å². The molecular formula is C14H23NO6. The van der Waals surface area contributed by atoms with E-state index < -0.39 is 35.6 Å². The molecule has 7 nitrogen and oxygen atoms in total. The fourth-order valence-corrected chi connectivity index (χ4v) is 1.93. The van der Waals surface area contributed by atoms with Crippen LogP contribution < -0.4 is 5.32 Å². The van der Waals surface area contributed by atoms with Gasteiger partial charge in [-0.25, -0.2) is 4.79 Å². The highest BCUT2D eigenvalue weighted by Crippen LogP contribution is 2.13. The second kappa shape index (κ2) is 7.40. The highest BCUT2D eigenvalue weighted by Gasteiger charge is 2.31. The molecule has 0 aliphatic carbocycles. The van der Waals surface area contributed by atoms with E-state index in [1.165, 1.54) is 7.11 Å². The Balaban J connectivity index is 2.61. The second-order valence-corrected chi connectivity index (χ2v) is 5.88. The van der Waals surface area contributed by atoms with Crippen molar-refractivity contribution in [3.05, 3.63) is 0 Å². The number of carbonyl (C=O) groups excluding carboxylic acids is 3. The zero-order chi connectivity index (χ0) is 16.0. The Bertz CT molecular complexity index is 395. The second-order valence-electron chi connectivity index (χ2n) is 5.88. The van der Waals surface area contributed by atoms with Gasteiger partial charge in [0.05, 0.1) is 13.5 Å². The Morgan fingerprint density at radius 2 is 2.00 bits per heavy atom. The van der Waals surface area contributed by atoms with Gasteiger partial charge >= 0.3 is 11.9 Å². The van der Waals surface area contributed by atoms with Crippen LogP contribution in [0.15, 0.2) is 0 Å². The third kappa shape index (κ3) is 6.12. The predicted molar refractivity (Wildman–Crippen MR) is 73.4 cm³/mol. The molecule has 2 atom stereocenters. The summed E-state index contributed by atoms with van der Waals surface area (Å²) in [6.07, 6.45) is 0.553. The molecule has 0 aromatic rings. The predicted octanol–water partition coefficient (Wildman–Crippen LogP) is 0.555. The van der Waals surface area contributed by atoms with E-state index in [0.717, 1.165) is 6.42 Å². The van der Waals surface area contributed by atoms with E-state index in [4.69, 9.17) is 9.47 Å². The van der Waals surface area contributed by atoms with Gasteiger partial charge in [-0.05, 0) is 33.6 Å². The Hall–Kier alpha value is -1.63. The lowest BCUT2D eigenvalue weighted by Crippen LogP contribution is -2.47. The number of hydrogen-bond acceptors (Lipinski definition) is 6. The van der Waals surface area contributed by atoms with Gasteiger partial charge in [0.1, 0.15) is 17.7 Å². The lowest BCUT2D eigenvalue weighted by Gasteiger charge is -2.22. The summed E-state index contributed by atoms with van der Waals surface area (Å²) in [5.74, 6) is -1.68. The van der Waals surface area contributed by atoms with Crippen LogP contribution in [0.25, 0.3) is 0 Å². The number of hydrogen-bond donors (Lipinski definition) is 1. The molecule has 0 aromatic carbocycles. The van der Waals surface area contributed by atoms with Crippen LogP contribution >= 0.6 is 0 Å². The van der Waals surface area contributed by atoms with Crippen molar-refractivity contribution in [3.63, 3.8) is 0 Å². The number of carbonyl (C=O) groups is 3. The van der Waals surface area contributed by atoms with Crippen LogP contribution in [0.1, 0.15) is 40.0 Å². The van der Waals surface area contributed by atoms with Gasteiger partial charge in [0.15, 0.2) is 0 Å². The maximum atomic E-state index is 11.9. The monoisotopic (exact) mass is 301 g/mol. The first kappa shape index (κ1) is 17.4. The zero-order valence-electron chi connectivity index (χ0n) is 12.9. The summed E-state index contributed by atoms with van der Waals surface area (Å²) in [7, 11) is 1.20. The van der Waals surface area contributed by atoms with Crippen molar-refractivity contribution in [2.45, 2.75) is 57.8 Å². The van der Waals surface area contributed by atoms with Gasteiger partial charge in [-0.2, -0.15) is 0 Å². The molecule has 0 saturated carbocycles. The first-order valence-corrected chi connectivity index (χ1v) is 6.94. The Morgan fingerprint density at radius 3 is 2.48 bits per heavy atom. The molecule has 1 N–H and O–H groups in total. The molecule has 0 aromatic heterocycles. The first-order chi connectivity index (χ1) is 9.73. The van der Waals surface area contributed by atoms with Crippen LogP contribution in [-0.2, 0) is 28.6 Å². The average Bonchev–Trinajstić information content (AvgIpc) is 2.88. The summed E-state index contributed by atoms with van der Waals surface area (Å²) in [5.41, 5.74) is -0.656. The van der Waals surface area contributed by atoms with E-state index in [-0.39, 0.29) is 6.42 Å². The number of amides is 1. The van der Waals surface area contributed by atoms with Crippen LogP contribution in [0.5, 0.6) is 0 Å². The summed E-state index contributed by atoms with van der Waals surface area (Å²) in [6.45, 7) is 5.70. The van der Waals surface area contributed by atoms with Gasteiger partial charge < -0.3 is 19.5 Å². The number of ether oxygens (including phenoxy) is 3. The summed E-state index contributed by atoms with van der Waals surface area (Å²) in [5, 5.41) is 2.49. The van der Waals surface area contributed by atoms with Gasteiger partial charge in [0, 0.05) is 6.61 Å². The van der Waals surface area contributed by atoms with Crippen LogP contribution in [0.2, 0.25) is 0 Å². The van der Waals surface area contributed by atoms with Gasteiger partial charge in [0.25, 0.3) is 0 Å². The topological polar surface area (TPSA) is 90.9 Å². The van der Waals surface area contributed by atoms with Gasteiger partial charge in [0.2, 0.25) is 5.91 Å². The fraction of sp³-hybridized carbons (Fsp3) is 0.786. The maximum absolute atomic E-state index is 11.9. The minimum atomic E-state index is -1.07. The molecule has 1 fully saturated rings. The molecule has 1 aliphatic rings. The minimum Gasteiger partial charge on any atom is -0.467 e. The number of rotatable bonds is 5. The van der Waals surface area contributed by atoms with Crippen LogP contribution in [0.3, 0.4) is 0 Å². The highest BCUT2D eigenvalue weighted by atomic mass is 16.6. The van der Waals surface area contributed by atoms with E-state index in [1.807, 2.05) is 0 Å². The number of methoxy groups -OCH3 is 1. The molecular weight excluding hydrogens is 278 g/mol.